The number of benzene rings is 2. The maximum Gasteiger partial charge on any atom is 0.229 e. The molecule has 10 rings (SSSR count). The number of fused-ring (bicyclic) bond motifs is 4. The van der Waals surface area contributed by atoms with Gasteiger partial charge >= 0.3 is 0 Å². The Labute approximate surface area is 410 Å². The number of dihydropyridines is 1. The second-order valence-electron chi connectivity index (χ2n) is 21.2. The minimum atomic E-state index is -2.36. The molecule has 2 aromatic carbocycles. The van der Waals surface area contributed by atoms with E-state index >= 15 is 9.59 Å². The number of Topliss-reactive ketones (excluding diaryl/α,β-unsaturated/α-hetero) is 2. The highest BCUT2D eigenvalue weighted by Gasteiger charge is 2.66. The van der Waals surface area contributed by atoms with Gasteiger partial charge < -0.3 is 60.6 Å². The quantitative estimate of drug-likeness (QED) is 0.117. The van der Waals surface area contributed by atoms with Gasteiger partial charge in [-0.05, 0) is 127 Å². The van der Waals surface area contributed by atoms with Crippen LogP contribution in [0.1, 0.15) is 109 Å². The van der Waals surface area contributed by atoms with E-state index in [1.807, 2.05) is 24.3 Å². The molecule has 370 valence electrons. The first-order valence-corrected chi connectivity index (χ1v) is 26.9. The third-order valence-corrected chi connectivity index (χ3v) is 20.0. The number of carbonyl (C=O) groups excluding carboxylic acids is 3. The molecule has 3 heterocycles. The van der Waals surface area contributed by atoms with Crippen molar-refractivity contribution in [3.63, 3.8) is 0 Å². The SMILES string of the molecule is O=C[C@@H]1CC2(CCCC2)C[C@@]12CC[C@]1(C2)C[C@]2(O)[C@H](O)[C@@H](CO)O[C@@H](Oc3cccc4c3C(=O)[C@@]3(C(O)=CC(Cc5cccc(CO)c5)=C[C@@H]3C4=O)[C@H](CCCO)SSCNC3=CC1=CCN3)[C@@H]2O. The van der Waals surface area contributed by atoms with Gasteiger partial charge in [0, 0.05) is 29.9 Å². The standard InChI is InChI=1S/C53H64N2O12S2/c56-17-5-10-41-53-37(20-33(21-40(53)60)19-31-6-3-7-32(18-31)24-57)44(61)36-8-4-9-38(43(36)46(53)63)66-48-47(64)52(65,45(62)39(26-59)67-48)29-51(34-11-16-54-42(22-34)55-30-68-69-41)15-14-50(28-51)27-49(12-1-2-13-49)23-35(50)25-58/h3-4,6-9,11,18,20-22,25,35,37,39,41,45,47-48,54-57,59-60,62,64-65H,1-2,5,10,12-17,19,23-24,26-30H2/t35-,37+,39+,41-,45+,47-,48+,50+,51-,52-,53-/m0/s1. The Balaban J connectivity index is 1.09. The van der Waals surface area contributed by atoms with Crippen LogP contribution in [0.5, 0.6) is 5.75 Å². The first-order valence-electron chi connectivity index (χ1n) is 24.6. The van der Waals surface area contributed by atoms with Crippen molar-refractivity contribution in [1.82, 2.24) is 10.6 Å². The van der Waals surface area contributed by atoms with Crippen LogP contribution in [0.15, 0.2) is 89.5 Å². The largest absolute Gasteiger partial charge is 0.511 e. The van der Waals surface area contributed by atoms with Crippen LogP contribution in [0.4, 0.5) is 0 Å². The summed E-state index contributed by atoms with van der Waals surface area (Å²) in [7, 11) is 2.76. The molecule has 69 heavy (non-hydrogen) atoms. The van der Waals surface area contributed by atoms with Gasteiger partial charge in [-0.25, -0.2) is 0 Å². The van der Waals surface area contributed by atoms with Crippen molar-refractivity contribution in [2.45, 2.75) is 126 Å². The number of rotatable bonds is 8. The van der Waals surface area contributed by atoms with E-state index in [9.17, 15) is 40.5 Å². The van der Waals surface area contributed by atoms with Gasteiger partial charge in [0.2, 0.25) is 6.29 Å². The van der Waals surface area contributed by atoms with Crippen LogP contribution in [0.25, 0.3) is 0 Å². The monoisotopic (exact) mass is 984 g/mol. The summed E-state index contributed by atoms with van der Waals surface area (Å²) >= 11 is 0. The smallest absolute Gasteiger partial charge is 0.229 e. The number of aliphatic hydroxyl groups is 7. The number of ketones is 2. The number of allylic oxidation sites excluding steroid dienone is 6. The third-order valence-electron chi connectivity index (χ3n) is 17.3. The number of ether oxygens (including phenoxy) is 2. The predicted molar refractivity (Wildman–Crippen MR) is 260 cm³/mol. The topological polar surface area (TPSA) is 235 Å². The number of nitrogens with one attached hydrogen (secondary N) is 2. The van der Waals surface area contributed by atoms with Crippen LogP contribution in [-0.2, 0) is 22.6 Å². The molecular formula is C53H64N2O12S2. The lowest BCUT2D eigenvalue weighted by Crippen LogP contribution is -2.69. The van der Waals surface area contributed by atoms with Crippen LogP contribution in [0, 0.1) is 33.5 Å². The summed E-state index contributed by atoms with van der Waals surface area (Å²) in [5, 5.41) is 87.2. The Hall–Kier alpha value is -3.97. The van der Waals surface area contributed by atoms with Gasteiger partial charge in [-0.15, -0.1) is 0 Å². The molecule has 3 aliphatic heterocycles. The van der Waals surface area contributed by atoms with Crippen molar-refractivity contribution in [1.29, 1.82) is 0 Å². The summed E-state index contributed by atoms with van der Waals surface area (Å²) in [5.41, 5.74) is -2.47. The first kappa shape index (κ1) is 48.6. The molecule has 1 saturated heterocycles. The van der Waals surface area contributed by atoms with Crippen LogP contribution >= 0.6 is 21.6 Å². The normalized spacial score (nSPS) is 37.1. The van der Waals surface area contributed by atoms with Crippen LogP contribution < -0.4 is 15.4 Å². The molecule has 16 heteroatoms. The number of aliphatic hydroxyl groups excluding tert-OH is 6. The van der Waals surface area contributed by atoms with Crippen molar-refractivity contribution in [2.24, 2.45) is 33.5 Å². The Kier molecular flexibility index (Phi) is 13.3. The van der Waals surface area contributed by atoms with E-state index in [1.165, 1.54) is 39.8 Å². The highest BCUT2D eigenvalue weighted by Crippen LogP contribution is 2.70. The maximum absolute atomic E-state index is 15.8. The van der Waals surface area contributed by atoms with Crippen LogP contribution in [-0.4, -0.2) is 115 Å². The molecule has 8 aliphatic rings. The molecule has 0 unspecified atom stereocenters. The average molecular weight is 985 g/mol. The molecular weight excluding hydrogens is 921 g/mol. The van der Waals surface area contributed by atoms with Crippen LogP contribution in [0.3, 0.4) is 0 Å². The lowest BCUT2D eigenvalue weighted by atomic mass is 9.57. The van der Waals surface area contributed by atoms with Crippen LogP contribution in [0.2, 0.25) is 0 Å². The summed E-state index contributed by atoms with van der Waals surface area (Å²) in [4.78, 5) is 44.1. The van der Waals surface area contributed by atoms with E-state index < -0.39 is 70.4 Å². The molecule has 9 N–H and O–H groups in total. The maximum atomic E-state index is 15.8. The zero-order chi connectivity index (χ0) is 48.3. The van der Waals surface area contributed by atoms with E-state index in [0.29, 0.717) is 55.1 Å². The van der Waals surface area contributed by atoms with E-state index in [-0.39, 0.29) is 71.9 Å². The van der Waals surface area contributed by atoms with Gasteiger partial charge in [-0.1, -0.05) is 83.0 Å². The zero-order valence-electron chi connectivity index (χ0n) is 38.7. The van der Waals surface area contributed by atoms with Gasteiger partial charge in [0.1, 0.15) is 47.1 Å². The number of hydrogen-bond acceptors (Lipinski definition) is 16. The summed E-state index contributed by atoms with van der Waals surface area (Å²) in [6.07, 6.45) is 10.1. The lowest BCUT2D eigenvalue weighted by molar-refractivity contribution is -0.319. The highest BCUT2D eigenvalue weighted by molar-refractivity contribution is 8.76. The van der Waals surface area contributed by atoms with E-state index in [2.05, 4.69) is 16.7 Å². The first-order chi connectivity index (χ1) is 33.3. The molecule has 3 saturated carbocycles. The Morgan fingerprint density at radius 1 is 0.913 bits per heavy atom. The van der Waals surface area contributed by atoms with Crippen molar-refractivity contribution in [3.8, 4) is 5.75 Å². The number of aldehydes is 1. The van der Waals surface area contributed by atoms with Gasteiger partial charge in [-0.3, -0.25) is 9.59 Å². The minimum Gasteiger partial charge on any atom is -0.511 e. The molecule has 0 aromatic heterocycles. The van der Waals surface area contributed by atoms with Crippen molar-refractivity contribution in [3.05, 3.63) is 112 Å². The Morgan fingerprint density at radius 2 is 1.71 bits per heavy atom. The second kappa shape index (κ2) is 18.9. The molecule has 0 amide bonds. The average Bonchev–Trinajstić information content (AvgIpc) is 4.06. The number of carbonyl (C=O) groups is 3. The van der Waals surface area contributed by atoms with Gasteiger partial charge in [0.25, 0.3) is 0 Å². The van der Waals surface area contributed by atoms with Crippen molar-refractivity contribution in [2.75, 3.05) is 25.6 Å². The van der Waals surface area contributed by atoms with Gasteiger partial charge in [-0.2, -0.15) is 0 Å². The van der Waals surface area contributed by atoms with E-state index in [4.69, 9.17) is 9.47 Å². The third kappa shape index (κ3) is 8.13. The molecule has 4 spiro atoms. The fraction of sp³-hybridized carbons (Fsp3) is 0.566. The Bertz CT molecular complexity index is 2490. The fourth-order valence-electron chi connectivity index (χ4n) is 14.2. The van der Waals surface area contributed by atoms with Crippen molar-refractivity contribution < 1.29 is 59.6 Å². The molecule has 2 aromatic rings. The highest BCUT2D eigenvalue weighted by atomic mass is 33.1. The van der Waals surface area contributed by atoms with E-state index in [0.717, 1.165) is 55.9 Å². The molecule has 11 atom stereocenters. The van der Waals surface area contributed by atoms with Crippen molar-refractivity contribution >= 4 is 39.4 Å². The predicted octanol–water partition coefficient (Wildman–Crippen LogP) is 5.50. The molecule has 14 nitrogen and oxygen atoms in total. The molecule has 5 aliphatic carbocycles. The fourth-order valence-corrected chi connectivity index (χ4v) is 17.1. The molecule has 0 radical (unpaired) electrons. The van der Waals surface area contributed by atoms with Gasteiger partial charge in [0.05, 0.1) is 36.4 Å². The molecule has 6 bridgehead atoms. The zero-order valence-corrected chi connectivity index (χ0v) is 40.3. The summed E-state index contributed by atoms with van der Waals surface area (Å²) < 4.78 is 12.6. The second-order valence-corrected chi connectivity index (χ2v) is 23.8. The summed E-state index contributed by atoms with van der Waals surface area (Å²) in [5.74, 6) is -1.91. The van der Waals surface area contributed by atoms with E-state index in [1.54, 1.807) is 18.2 Å². The summed E-state index contributed by atoms with van der Waals surface area (Å²) in [6, 6.07) is 11.9. The van der Waals surface area contributed by atoms with Gasteiger partial charge in [0.15, 0.2) is 11.6 Å². The lowest BCUT2D eigenvalue weighted by Gasteiger charge is -2.51. The minimum absolute atomic E-state index is 0.0222. The number of hydrogen-bond donors (Lipinski definition) is 9. The summed E-state index contributed by atoms with van der Waals surface area (Å²) in [6.45, 7) is -0.695. The molecule has 4 fully saturated rings. The Morgan fingerprint density at radius 3 is 2.48 bits per heavy atom.